The number of nitriles is 1. The molecule has 6 heteroatoms. The van der Waals surface area contributed by atoms with Crippen LogP contribution in [0.1, 0.15) is 58.2 Å². The summed E-state index contributed by atoms with van der Waals surface area (Å²) in [4.78, 5) is 9.15. The van der Waals surface area contributed by atoms with Crippen LogP contribution in [0.5, 0.6) is 0 Å². The lowest BCUT2D eigenvalue weighted by Gasteiger charge is -2.46. The molecule has 13 aromatic carbocycles. The molecular weight excluding hydrogens is 1140 g/mol. The first-order valence-corrected chi connectivity index (χ1v) is 32.4. The molecule has 0 aliphatic carbocycles. The second kappa shape index (κ2) is 22.6. The quantitative estimate of drug-likeness (QED) is 0.107. The zero-order chi connectivity index (χ0) is 64.0. The number of aromatic nitrogens is 1. The summed E-state index contributed by atoms with van der Waals surface area (Å²) in [6.45, 7) is 21.7. The first-order valence-electron chi connectivity index (χ1n) is 32.4. The second-order valence-corrected chi connectivity index (χ2v) is 27.1. The van der Waals surface area contributed by atoms with Crippen molar-refractivity contribution in [1.29, 1.82) is 5.26 Å². The smallest absolute Gasteiger partial charge is 0.252 e. The third-order valence-electron chi connectivity index (χ3n) is 19.3. The van der Waals surface area contributed by atoms with E-state index in [1.54, 1.807) is 0 Å². The average Bonchev–Trinajstić information content (AvgIpc) is 0.748. The number of nitrogens with zero attached hydrogens (tertiary/aromatic N) is 5. The zero-order valence-electron chi connectivity index (χ0n) is 53.5. The third kappa shape index (κ3) is 9.69. The molecule has 0 saturated heterocycles. The molecule has 5 nitrogen and oxygen atoms in total. The van der Waals surface area contributed by atoms with E-state index in [0.29, 0.717) is 11.3 Å². The lowest BCUT2D eigenvalue weighted by atomic mass is 9.33. The number of benzene rings is 13. The van der Waals surface area contributed by atoms with E-state index < -0.39 is 0 Å². The summed E-state index contributed by atoms with van der Waals surface area (Å²) < 4.78 is 2.54. The largest absolute Gasteiger partial charge is 0.310 e. The van der Waals surface area contributed by atoms with Crippen LogP contribution < -0.4 is 26.2 Å². The highest BCUT2D eigenvalue weighted by Crippen LogP contribution is 2.54. The molecule has 2 aliphatic rings. The van der Waals surface area contributed by atoms with Crippen LogP contribution in [-0.4, -0.2) is 11.3 Å². The van der Waals surface area contributed by atoms with Gasteiger partial charge in [-0.3, -0.25) is 0 Å². The van der Waals surface area contributed by atoms with Gasteiger partial charge in [0, 0.05) is 55.8 Å². The molecule has 1 aromatic heterocycles. The van der Waals surface area contributed by atoms with Gasteiger partial charge in [-0.05, 0) is 150 Å². The molecule has 16 rings (SSSR count). The maximum atomic E-state index is 10.4. The van der Waals surface area contributed by atoms with Gasteiger partial charge in [0.05, 0.1) is 46.3 Å². The van der Waals surface area contributed by atoms with Crippen molar-refractivity contribution < 1.29 is 0 Å². The van der Waals surface area contributed by atoms with Crippen molar-refractivity contribution >= 4 is 84.7 Å². The monoisotopic (exact) mass is 1200 g/mol. The van der Waals surface area contributed by atoms with E-state index in [-0.39, 0.29) is 17.5 Å². The molecule has 0 amide bonds. The van der Waals surface area contributed by atoms with Gasteiger partial charge in [0.1, 0.15) is 0 Å². The Bertz CT molecular complexity index is 4980. The van der Waals surface area contributed by atoms with Crippen molar-refractivity contribution in [3.63, 3.8) is 0 Å². The number of hydrogen-bond donors (Lipinski definition) is 0. The van der Waals surface area contributed by atoms with Crippen LogP contribution in [0.3, 0.4) is 0 Å². The lowest BCUT2D eigenvalue weighted by Crippen LogP contribution is -2.61. The Morgan fingerprint density at radius 1 is 0.362 bits per heavy atom. The summed E-state index contributed by atoms with van der Waals surface area (Å²) in [5.74, 6) is 0. The molecule has 14 aromatic rings. The second-order valence-electron chi connectivity index (χ2n) is 27.1. The highest BCUT2D eigenvalue weighted by Gasteiger charge is 2.46. The predicted molar refractivity (Wildman–Crippen MR) is 396 cm³/mol. The summed E-state index contributed by atoms with van der Waals surface area (Å²) in [5, 5.41) is 12.8. The van der Waals surface area contributed by atoms with Crippen LogP contribution in [0.15, 0.2) is 291 Å². The molecule has 0 spiro atoms. The van der Waals surface area contributed by atoms with Crippen molar-refractivity contribution in [3.05, 3.63) is 319 Å². The Kier molecular flexibility index (Phi) is 13.8. The topological polar surface area (TPSA) is 39.6 Å². The Morgan fingerprint density at radius 3 is 1.15 bits per heavy atom. The Morgan fingerprint density at radius 2 is 0.745 bits per heavy atom. The van der Waals surface area contributed by atoms with Gasteiger partial charge >= 0.3 is 0 Å². The zero-order valence-corrected chi connectivity index (χ0v) is 53.5. The summed E-state index contributed by atoms with van der Waals surface area (Å²) in [6, 6.07) is 109. The maximum Gasteiger partial charge on any atom is 0.252 e. The number of fused-ring (bicyclic) bond motifs is 7. The minimum absolute atomic E-state index is 0.0970. The first kappa shape index (κ1) is 57.5. The van der Waals surface area contributed by atoms with Crippen LogP contribution in [0.4, 0.5) is 39.8 Å². The van der Waals surface area contributed by atoms with Gasteiger partial charge in [-0.2, -0.15) is 5.26 Å². The van der Waals surface area contributed by atoms with Crippen LogP contribution in [-0.2, 0) is 10.8 Å². The number of rotatable bonds is 9. The van der Waals surface area contributed by atoms with Crippen LogP contribution >= 0.6 is 0 Å². The summed E-state index contributed by atoms with van der Waals surface area (Å²) in [5.41, 5.74) is 29.3. The van der Waals surface area contributed by atoms with E-state index in [1.165, 1.54) is 21.9 Å². The van der Waals surface area contributed by atoms with Gasteiger partial charge in [0.25, 0.3) is 6.71 Å². The van der Waals surface area contributed by atoms with Crippen molar-refractivity contribution in [1.82, 2.24) is 4.57 Å². The van der Waals surface area contributed by atoms with Gasteiger partial charge in [-0.25, -0.2) is 4.85 Å². The van der Waals surface area contributed by atoms with E-state index in [0.717, 1.165) is 134 Å². The molecule has 0 fully saturated rings. The van der Waals surface area contributed by atoms with Gasteiger partial charge in [0.2, 0.25) is 0 Å². The molecule has 3 heterocycles. The van der Waals surface area contributed by atoms with Gasteiger partial charge in [-0.15, -0.1) is 0 Å². The molecule has 0 saturated carbocycles. The van der Waals surface area contributed by atoms with Crippen molar-refractivity contribution in [3.8, 4) is 78.5 Å². The van der Waals surface area contributed by atoms with Crippen LogP contribution in [0.25, 0.3) is 99.1 Å². The van der Waals surface area contributed by atoms with E-state index in [9.17, 15) is 5.26 Å². The standard InChI is InChI=1S/C88H66BN5/c1-87(2,3)66-42-46-78-74(52-66)75-53-67(88(4,5)6)43-47-79(75)92(78)69-54-82-84-83(55-69)94(86-72(60-29-16-10-17-30-60)38-23-39-73(86)61-31-18-11-19-32-61)81-45-41-65(63-34-21-35-68(49-63)91-7)51-77(81)89(84)76-50-64(62-33-20-24-57(48-62)56-90)40-44-80(76)93(82)85-70(58-25-12-8-13-26-58)36-22-37-71(85)59-27-14-9-15-28-59/h8-55H,1-6H3. The fourth-order valence-electron chi connectivity index (χ4n) is 14.7. The Balaban J connectivity index is 1.12. The van der Waals surface area contributed by atoms with Crippen molar-refractivity contribution in [2.75, 3.05) is 9.80 Å². The van der Waals surface area contributed by atoms with E-state index in [4.69, 9.17) is 6.57 Å². The van der Waals surface area contributed by atoms with Gasteiger partial charge in [-0.1, -0.05) is 266 Å². The first-order chi connectivity index (χ1) is 45.8. The molecule has 2 aliphatic heterocycles. The molecule has 0 atom stereocenters. The summed E-state index contributed by atoms with van der Waals surface area (Å²) >= 11 is 0. The van der Waals surface area contributed by atoms with Crippen molar-refractivity contribution in [2.45, 2.75) is 52.4 Å². The van der Waals surface area contributed by atoms with Crippen LogP contribution in [0.2, 0.25) is 0 Å². The summed E-state index contributed by atoms with van der Waals surface area (Å²) in [7, 11) is 0. The molecule has 0 bridgehead atoms. The molecule has 0 unspecified atom stereocenters. The number of para-hydroxylation sites is 2. The average molecular weight is 1200 g/mol. The van der Waals surface area contributed by atoms with Gasteiger partial charge < -0.3 is 14.4 Å². The SMILES string of the molecule is [C-]#[N+]c1cccc(-c2ccc3c(c2)B2c4cc(-c5cccc(C#N)c5)ccc4N(c4c(-c5ccccc5)cccc4-c4ccccc4)c4cc(-n5c6ccc(C(C)(C)C)cc6c6cc(C(C)(C)C)ccc65)cc(c42)N3c2c(-c3ccccc3)cccc2-c2ccccc2)c1. The van der Waals surface area contributed by atoms with Gasteiger partial charge in [0.15, 0.2) is 5.69 Å². The highest BCUT2D eigenvalue weighted by molar-refractivity contribution is 7.00. The molecule has 0 radical (unpaired) electrons. The minimum atomic E-state index is -0.352. The van der Waals surface area contributed by atoms with Crippen LogP contribution in [0, 0.1) is 17.9 Å². The molecular formula is C88H66BN5. The fourth-order valence-corrected chi connectivity index (χ4v) is 14.7. The fraction of sp³-hybridized carbons (Fsp3) is 0.0909. The highest BCUT2D eigenvalue weighted by atomic mass is 15.2. The molecule has 94 heavy (non-hydrogen) atoms. The van der Waals surface area contributed by atoms with E-state index in [1.807, 2.05) is 36.4 Å². The third-order valence-corrected chi connectivity index (χ3v) is 19.3. The van der Waals surface area contributed by atoms with Crippen molar-refractivity contribution in [2.24, 2.45) is 0 Å². The number of anilines is 6. The normalized spacial score (nSPS) is 12.5. The molecule has 0 N–H and O–H groups in total. The lowest BCUT2D eigenvalue weighted by molar-refractivity contribution is 0.590. The predicted octanol–water partition coefficient (Wildman–Crippen LogP) is 21.9. The minimum Gasteiger partial charge on any atom is -0.310 e. The maximum absolute atomic E-state index is 10.4. The number of hydrogen-bond acceptors (Lipinski definition) is 3. The van der Waals surface area contributed by atoms with E-state index >= 15 is 0 Å². The Hall–Kier alpha value is -11.7. The molecule has 446 valence electrons. The summed E-state index contributed by atoms with van der Waals surface area (Å²) in [6.07, 6.45) is 0. The Labute approximate surface area is 551 Å². The van der Waals surface area contributed by atoms with E-state index in [2.05, 4.69) is 322 Å².